The Morgan fingerprint density at radius 3 is 2.68 bits per heavy atom. The molecule has 2 aromatic rings. The Balaban J connectivity index is 1.59. The monoisotopic (exact) mass is 378 g/mol. The van der Waals surface area contributed by atoms with Gasteiger partial charge < -0.3 is 10.4 Å². The highest BCUT2D eigenvalue weighted by atomic mass is 35.5. The Bertz CT molecular complexity index is 941. The van der Waals surface area contributed by atoms with Crippen molar-refractivity contribution in [1.82, 2.24) is 14.8 Å². The molecule has 25 heavy (non-hydrogen) atoms. The highest BCUT2D eigenvalue weighted by Crippen LogP contribution is 2.35. The Morgan fingerprint density at radius 1 is 1.24 bits per heavy atom. The predicted molar refractivity (Wildman–Crippen MR) is 91.3 cm³/mol. The fourth-order valence-corrected chi connectivity index (χ4v) is 3.61. The van der Waals surface area contributed by atoms with E-state index in [0.717, 1.165) is 30.4 Å². The van der Waals surface area contributed by atoms with E-state index >= 15 is 0 Å². The molecule has 2 N–H and O–H groups in total. The van der Waals surface area contributed by atoms with Gasteiger partial charge in [-0.15, -0.1) is 5.10 Å². The van der Waals surface area contributed by atoms with Crippen molar-refractivity contribution in [2.75, 3.05) is 5.32 Å². The molecule has 0 radical (unpaired) electrons. The Labute approximate surface area is 152 Å². The number of nitrogens with one attached hydrogen (secondary N) is 1. The summed E-state index contributed by atoms with van der Waals surface area (Å²) < 4.78 is 1.20. The van der Waals surface area contributed by atoms with Gasteiger partial charge in [-0.1, -0.05) is 28.8 Å². The van der Waals surface area contributed by atoms with Crippen molar-refractivity contribution in [3.05, 3.63) is 45.0 Å². The number of rotatable bonds is 2. The van der Waals surface area contributed by atoms with Crippen molar-refractivity contribution in [3.63, 3.8) is 0 Å². The molecular weight excluding hydrogens is 367 g/mol. The fourth-order valence-electron chi connectivity index (χ4n) is 3.12. The summed E-state index contributed by atoms with van der Waals surface area (Å²) in [7, 11) is 0. The van der Waals surface area contributed by atoms with Gasteiger partial charge in [-0.25, -0.2) is 4.98 Å². The summed E-state index contributed by atoms with van der Waals surface area (Å²) in [6, 6.07) is 2.72. The molecule has 2 heterocycles. The Hall–Kier alpha value is -2.38. The predicted octanol–water partition coefficient (Wildman–Crippen LogP) is 3.22. The van der Waals surface area contributed by atoms with Gasteiger partial charge in [-0.05, 0) is 31.4 Å². The van der Waals surface area contributed by atoms with E-state index in [4.69, 9.17) is 23.2 Å². The second-order valence-corrected chi connectivity index (χ2v) is 6.74. The van der Waals surface area contributed by atoms with Crippen molar-refractivity contribution >= 4 is 40.7 Å². The van der Waals surface area contributed by atoms with E-state index in [1.807, 2.05) is 0 Å². The van der Waals surface area contributed by atoms with Gasteiger partial charge in [0.1, 0.15) is 5.82 Å². The lowest BCUT2D eigenvalue weighted by Crippen LogP contribution is -2.23. The van der Waals surface area contributed by atoms with E-state index in [0.29, 0.717) is 12.2 Å². The first-order valence-corrected chi connectivity index (χ1v) is 8.40. The van der Waals surface area contributed by atoms with Gasteiger partial charge in [0.15, 0.2) is 5.75 Å². The van der Waals surface area contributed by atoms with Gasteiger partial charge >= 0.3 is 0 Å². The standard InChI is InChI=1S/C16H12Cl2N4O3/c17-10-5-8(6-11(18)13(10)23)19-15(24)14-20-12-4-7-2-1-3-9(7)16(25)22(12)21-14/h5-6,23H,1-4H2,(H,19,24). The molecule has 0 spiro atoms. The molecule has 7 nitrogen and oxygen atoms in total. The van der Waals surface area contributed by atoms with E-state index in [1.54, 1.807) is 0 Å². The molecule has 0 unspecified atom stereocenters. The number of halogens is 2. The summed E-state index contributed by atoms with van der Waals surface area (Å²) >= 11 is 11.7. The molecule has 128 valence electrons. The summed E-state index contributed by atoms with van der Waals surface area (Å²) in [5.74, 6) is -0.686. The number of aromatic nitrogens is 3. The van der Waals surface area contributed by atoms with E-state index in [2.05, 4.69) is 15.4 Å². The zero-order valence-electron chi connectivity index (χ0n) is 12.8. The van der Waals surface area contributed by atoms with Crippen LogP contribution in [0.5, 0.6) is 5.75 Å². The van der Waals surface area contributed by atoms with Gasteiger partial charge in [-0.3, -0.25) is 9.59 Å². The van der Waals surface area contributed by atoms with Crippen molar-refractivity contribution in [2.24, 2.45) is 0 Å². The molecule has 9 heteroatoms. The first-order valence-electron chi connectivity index (χ1n) is 7.65. The van der Waals surface area contributed by atoms with Crippen LogP contribution in [-0.4, -0.2) is 31.7 Å². The van der Waals surface area contributed by atoms with Crippen LogP contribution in [0.3, 0.4) is 0 Å². The first-order chi connectivity index (χ1) is 11.9. The van der Waals surface area contributed by atoms with Gasteiger partial charge in [0.05, 0.1) is 10.0 Å². The Kier molecular flexibility index (Phi) is 3.77. The van der Waals surface area contributed by atoms with Crippen LogP contribution >= 0.6 is 23.2 Å². The first kappa shape index (κ1) is 16.1. The third-order valence-electron chi connectivity index (χ3n) is 4.31. The lowest BCUT2D eigenvalue weighted by atomic mass is 10.0. The van der Waals surface area contributed by atoms with Crippen LogP contribution in [-0.2, 0) is 6.42 Å². The number of carbonyl (C=O) groups is 2. The number of allylic oxidation sites excluding steroid dienone is 2. The van der Waals surface area contributed by atoms with E-state index in [-0.39, 0.29) is 33.2 Å². The number of benzene rings is 1. The van der Waals surface area contributed by atoms with Crippen LogP contribution in [0, 0.1) is 0 Å². The lowest BCUT2D eigenvalue weighted by molar-refractivity contribution is 0.0927. The molecule has 0 fully saturated rings. The molecule has 1 aromatic heterocycles. The minimum atomic E-state index is -0.590. The van der Waals surface area contributed by atoms with Crippen molar-refractivity contribution in [2.45, 2.75) is 25.7 Å². The third-order valence-corrected chi connectivity index (χ3v) is 4.88. The maximum Gasteiger partial charge on any atom is 0.295 e. The minimum absolute atomic E-state index is 0.00990. The van der Waals surface area contributed by atoms with Crippen LogP contribution in [0.2, 0.25) is 10.0 Å². The number of nitrogens with zero attached hydrogens (tertiary/aromatic N) is 3. The number of fused-ring (bicyclic) bond motifs is 1. The Morgan fingerprint density at radius 2 is 1.96 bits per heavy atom. The number of anilines is 1. The van der Waals surface area contributed by atoms with E-state index in [9.17, 15) is 14.7 Å². The molecule has 4 rings (SSSR count). The van der Waals surface area contributed by atoms with Crippen LogP contribution in [0.4, 0.5) is 5.69 Å². The molecule has 0 bridgehead atoms. The number of hydrogen-bond donors (Lipinski definition) is 2. The third kappa shape index (κ3) is 2.69. The molecule has 1 aromatic carbocycles. The SMILES string of the molecule is O=C(Nc1cc(Cl)c(O)c(Cl)c1)c1nc2n(n1)C(=O)C1=C(CCC1)C2. The molecule has 0 saturated carbocycles. The van der Waals surface area contributed by atoms with E-state index < -0.39 is 5.91 Å². The highest BCUT2D eigenvalue weighted by molar-refractivity contribution is 6.37. The molecule has 0 atom stereocenters. The molecule has 2 aliphatic rings. The summed E-state index contributed by atoms with van der Waals surface area (Å²) in [5.41, 5.74) is 2.17. The number of aromatic hydroxyl groups is 1. The zero-order chi connectivity index (χ0) is 17.7. The lowest BCUT2D eigenvalue weighted by Gasteiger charge is -2.13. The normalized spacial score (nSPS) is 16.0. The second-order valence-electron chi connectivity index (χ2n) is 5.92. The number of hydrogen-bond acceptors (Lipinski definition) is 5. The van der Waals surface area contributed by atoms with Gasteiger partial charge in [0.25, 0.3) is 11.8 Å². The average molecular weight is 379 g/mol. The van der Waals surface area contributed by atoms with Crippen LogP contribution in [0.15, 0.2) is 23.3 Å². The maximum absolute atomic E-state index is 12.4. The van der Waals surface area contributed by atoms with Crippen molar-refractivity contribution < 1.29 is 14.7 Å². The van der Waals surface area contributed by atoms with Crippen molar-refractivity contribution in [1.29, 1.82) is 0 Å². The molecule has 0 saturated heterocycles. The molecule has 1 amide bonds. The zero-order valence-corrected chi connectivity index (χ0v) is 14.4. The summed E-state index contributed by atoms with van der Waals surface area (Å²) in [4.78, 5) is 29.0. The maximum atomic E-state index is 12.4. The quantitative estimate of drug-likeness (QED) is 0.781. The smallest absolute Gasteiger partial charge is 0.295 e. The fraction of sp³-hybridized carbons (Fsp3) is 0.250. The largest absolute Gasteiger partial charge is 0.505 e. The number of phenols is 1. The topological polar surface area (TPSA) is 97.1 Å². The number of amides is 1. The van der Waals surface area contributed by atoms with Gasteiger partial charge in [0.2, 0.25) is 5.82 Å². The highest BCUT2D eigenvalue weighted by Gasteiger charge is 2.32. The van der Waals surface area contributed by atoms with Gasteiger partial charge in [0, 0.05) is 17.7 Å². The minimum Gasteiger partial charge on any atom is -0.505 e. The molecular formula is C16H12Cl2N4O3. The van der Waals surface area contributed by atoms with Crippen LogP contribution in [0.1, 0.15) is 40.5 Å². The number of carbonyl (C=O) groups excluding carboxylic acids is 2. The number of phenolic OH excluding ortho intramolecular Hbond substituents is 1. The molecule has 1 aliphatic heterocycles. The average Bonchev–Trinajstić information content (AvgIpc) is 3.19. The summed E-state index contributed by atoms with van der Waals surface area (Å²) in [5, 5.41) is 16.2. The van der Waals surface area contributed by atoms with Gasteiger partial charge in [-0.2, -0.15) is 4.68 Å². The second kappa shape index (κ2) is 5.86. The summed E-state index contributed by atoms with van der Waals surface area (Å²) in [6.45, 7) is 0. The van der Waals surface area contributed by atoms with Crippen LogP contribution < -0.4 is 5.32 Å². The summed E-state index contributed by atoms with van der Waals surface area (Å²) in [6.07, 6.45) is 3.15. The van der Waals surface area contributed by atoms with Crippen LogP contribution in [0.25, 0.3) is 0 Å². The van der Waals surface area contributed by atoms with Crippen molar-refractivity contribution in [3.8, 4) is 5.75 Å². The van der Waals surface area contributed by atoms with E-state index in [1.165, 1.54) is 16.8 Å². The molecule has 1 aliphatic carbocycles.